The first-order chi connectivity index (χ1) is 15.4. The van der Waals surface area contributed by atoms with E-state index in [0.717, 1.165) is 6.07 Å². The van der Waals surface area contributed by atoms with Gasteiger partial charge in [-0.25, -0.2) is 0 Å². The van der Waals surface area contributed by atoms with E-state index in [1.165, 1.54) is 15.9 Å². The number of hydrogen-bond donors (Lipinski definition) is 0. The van der Waals surface area contributed by atoms with Crippen molar-refractivity contribution in [2.75, 3.05) is 36.0 Å². The predicted molar refractivity (Wildman–Crippen MR) is 111 cm³/mol. The van der Waals surface area contributed by atoms with Gasteiger partial charge >= 0.3 is 12.4 Å². The molecule has 2 aromatic rings. The van der Waals surface area contributed by atoms with E-state index in [2.05, 4.69) is 10.2 Å². The highest BCUT2D eigenvalue weighted by Crippen LogP contribution is 2.41. The Morgan fingerprint density at radius 2 is 1.73 bits per heavy atom. The summed E-state index contributed by atoms with van der Waals surface area (Å²) in [5, 5.41) is 5.67. The van der Waals surface area contributed by atoms with Gasteiger partial charge in [0.2, 0.25) is 16.0 Å². The Morgan fingerprint density at radius 3 is 2.30 bits per heavy atom. The van der Waals surface area contributed by atoms with Crippen LogP contribution in [0, 0.1) is 5.92 Å². The second kappa shape index (κ2) is 9.23. The molecule has 0 aliphatic carbocycles. The number of alkyl halides is 6. The van der Waals surface area contributed by atoms with Gasteiger partial charge in [-0.1, -0.05) is 22.5 Å². The average Bonchev–Trinajstić information content (AvgIpc) is 3.43. The molecule has 6 nitrogen and oxygen atoms in total. The zero-order chi connectivity index (χ0) is 24.0. The molecule has 0 bridgehead atoms. The molecule has 0 spiro atoms. The van der Waals surface area contributed by atoms with Gasteiger partial charge in [-0.2, -0.15) is 26.3 Å². The van der Waals surface area contributed by atoms with Crippen molar-refractivity contribution in [1.82, 2.24) is 15.1 Å². The Balaban J connectivity index is 1.60. The Hall–Kier alpha value is -1.58. The summed E-state index contributed by atoms with van der Waals surface area (Å²) in [6, 6.07) is 1.47. The Bertz CT molecular complexity index is 986. The Labute approximate surface area is 195 Å². The van der Waals surface area contributed by atoms with Crippen molar-refractivity contribution in [3.05, 3.63) is 26.9 Å². The summed E-state index contributed by atoms with van der Waals surface area (Å²) < 4.78 is 90.0. The number of piperazine rings is 1. The molecular formula is C18H18F6N4O2S3. The van der Waals surface area contributed by atoms with Crippen LogP contribution in [0.5, 0.6) is 0 Å². The van der Waals surface area contributed by atoms with Gasteiger partial charge in [-0.15, -0.1) is 21.5 Å². The highest BCUT2D eigenvalue weighted by molar-refractivity contribution is 7.91. The van der Waals surface area contributed by atoms with Gasteiger partial charge in [0.05, 0.1) is 6.04 Å². The third kappa shape index (κ3) is 5.41. The summed E-state index contributed by atoms with van der Waals surface area (Å²) in [5.41, 5.74) is 0. The lowest BCUT2D eigenvalue weighted by Gasteiger charge is -2.42. The number of amides is 1. The van der Waals surface area contributed by atoms with Crippen LogP contribution in [0.2, 0.25) is 0 Å². The molecule has 33 heavy (non-hydrogen) atoms. The number of thiophene rings is 1. The van der Waals surface area contributed by atoms with Crippen LogP contribution in [0.4, 0.5) is 31.5 Å². The second-order valence-electron chi connectivity index (χ2n) is 7.70. The first kappa shape index (κ1) is 24.5. The molecule has 4 rings (SSSR count). The Kier molecular flexibility index (Phi) is 6.86. The molecule has 182 valence electrons. The smallest absolute Gasteiger partial charge is 0.445 e. The standard InChI is InChI=1S/C18H18F6N4O2S3/c19-17(20,21)13-2-1-12(31-13)11-9-27(16-26-25-15(32-16)18(22,23)24)5-6-28(11)14(29)10-3-7-33(30)8-4-10/h1-2,10-11H,3-9H2. The van der Waals surface area contributed by atoms with E-state index in [0.29, 0.717) is 51.9 Å². The van der Waals surface area contributed by atoms with Gasteiger partial charge in [0, 0.05) is 43.3 Å². The van der Waals surface area contributed by atoms with Crippen molar-refractivity contribution in [2.45, 2.75) is 31.2 Å². The molecule has 0 saturated carbocycles. The topological polar surface area (TPSA) is 72.4 Å². The molecule has 0 N–H and O–H groups in total. The maximum Gasteiger partial charge on any atom is 0.445 e. The number of anilines is 1. The first-order valence-corrected chi connectivity index (χ1v) is 13.0. The molecule has 2 aromatic heterocycles. The maximum absolute atomic E-state index is 13.2. The zero-order valence-electron chi connectivity index (χ0n) is 16.9. The van der Waals surface area contributed by atoms with E-state index in [1.54, 1.807) is 0 Å². The number of hydrogen-bond acceptors (Lipinski definition) is 7. The van der Waals surface area contributed by atoms with E-state index in [1.807, 2.05) is 0 Å². The summed E-state index contributed by atoms with van der Waals surface area (Å²) in [6.07, 6.45) is -8.33. The summed E-state index contributed by atoms with van der Waals surface area (Å²) >= 11 is -0.107. The minimum Gasteiger partial charge on any atom is -0.616 e. The number of nitrogens with zero attached hydrogens (tertiary/aromatic N) is 4. The molecule has 2 fully saturated rings. The van der Waals surface area contributed by atoms with Crippen LogP contribution in [-0.4, -0.2) is 56.7 Å². The van der Waals surface area contributed by atoms with E-state index < -0.39 is 39.5 Å². The minimum atomic E-state index is -4.65. The van der Waals surface area contributed by atoms with Crippen LogP contribution in [0.15, 0.2) is 12.1 Å². The first-order valence-electron chi connectivity index (χ1n) is 9.91. The van der Waals surface area contributed by atoms with Crippen LogP contribution >= 0.6 is 22.7 Å². The normalized spacial score (nSPS) is 24.9. The van der Waals surface area contributed by atoms with Crippen molar-refractivity contribution >= 4 is 44.9 Å². The lowest BCUT2D eigenvalue weighted by Crippen LogP contribution is -2.52. The highest BCUT2D eigenvalue weighted by atomic mass is 32.2. The van der Waals surface area contributed by atoms with Crippen LogP contribution in [0.1, 0.15) is 33.6 Å². The fraction of sp³-hybridized carbons (Fsp3) is 0.611. The zero-order valence-corrected chi connectivity index (χ0v) is 19.3. The monoisotopic (exact) mass is 532 g/mol. The van der Waals surface area contributed by atoms with Crippen molar-refractivity contribution in [3.63, 3.8) is 0 Å². The number of carbonyl (C=O) groups excluding carboxylic acids is 1. The molecule has 4 heterocycles. The van der Waals surface area contributed by atoms with Crippen LogP contribution in [0.25, 0.3) is 0 Å². The molecule has 2 aliphatic heterocycles. The average molecular weight is 533 g/mol. The van der Waals surface area contributed by atoms with E-state index in [4.69, 9.17) is 0 Å². The fourth-order valence-electron chi connectivity index (χ4n) is 3.88. The summed E-state index contributed by atoms with van der Waals surface area (Å²) in [5.74, 6) is 0.177. The van der Waals surface area contributed by atoms with Crippen LogP contribution < -0.4 is 4.90 Å². The lowest BCUT2D eigenvalue weighted by molar-refractivity contribution is -0.139. The van der Waals surface area contributed by atoms with Crippen LogP contribution in [-0.2, 0) is 28.3 Å². The molecule has 2 saturated heterocycles. The quantitative estimate of drug-likeness (QED) is 0.438. The molecule has 1 unspecified atom stereocenters. The van der Waals surface area contributed by atoms with Crippen molar-refractivity contribution < 1.29 is 35.7 Å². The molecule has 1 amide bonds. The van der Waals surface area contributed by atoms with E-state index in [9.17, 15) is 35.7 Å². The van der Waals surface area contributed by atoms with Gasteiger partial charge in [-0.05, 0) is 12.1 Å². The molecule has 1 atom stereocenters. The number of aromatic nitrogens is 2. The van der Waals surface area contributed by atoms with E-state index in [-0.39, 0.29) is 36.6 Å². The fourth-order valence-corrected chi connectivity index (χ4v) is 6.91. The highest BCUT2D eigenvalue weighted by Gasteiger charge is 2.41. The van der Waals surface area contributed by atoms with Crippen molar-refractivity contribution in [1.29, 1.82) is 0 Å². The van der Waals surface area contributed by atoms with E-state index >= 15 is 0 Å². The SMILES string of the molecule is O=C(C1CC[S+]([O-])CC1)N1CCN(c2nnc(C(F)(F)F)s2)CC1c1ccc(C(F)(F)F)s1. The van der Waals surface area contributed by atoms with Crippen molar-refractivity contribution in [2.24, 2.45) is 5.92 Å². The van der Waals surface area contributed by atoms with Gasteiger partial charge in [0.1, 0.15) is 16.4 Å². The molecule has 2 aliphatic rings. The molecular weight excluding hydrogens is 514 g/mol. The van der Waals surface area contributed by atoms with Gasteiger partial charge in [0.25, 0.3) is 0 Å². The molecule has 0 aromatic carbocycles. The summed E-state index contributed by atoms with van der Waals surface area (Å²) in [7, 11) is 0. The van der Waals surface area contributed by atoms with Gasteiger partial charge < -0.3 is 14.4 Å². The second-order valence-corrected chi connectivity index (χ2v) is 11.5. The van der Waals surface area contributed by atoms with Crippen molar-refractivity contribution in [3.8, 4) is 0 Å². The largest absolute Gasteiger partial charge is 0.616 e. The number of carbonyl (C=O) groups is 1. The van der Waals surface area contributed by atoms with Crippen LogP contribution in [0.3, 0.4) is 0 Å². The van der Waals surface area contributed by atoms with Gasteiger partial charge in [-0.3, -0.25) is 4.79 Å². The molecule has 0 radical (unpaired) electrons. The summed E-state index contributed by atoms with van der Waals surface area (Å²) in [4.78, 5) is 15.7. The number of rotatable bonds is 3. The maximum atomic E-state index is 13.2. The number of halogens is 6. The lowest BCUT2D eigenvalue weighted by atomic mass is 9.98. The predicted octanol–water partition coefficient (Wildman–Crippen LogP) is 4.19. The van der Waals surface area contributed by atoms with Gasteiger partial charge in [0.15, 0.2) is 0 Å². The summed E-state index contributed by atoms with van der Waals surface area (Å²) in [6.45, 7) is 0.281. The third-order valence-electron chi connectivity index (χ3n) is 5.56. The Morgan fingerprint density at radius 1 is 1.03 bits per heavy atom. The third-order valence-corrected chi connectivity index (χ3v) is 9.20. The minimum absolute atomic E-state index is 0.0000815. The molecule has 15 heteroatoms.